The molecule has 94 valence electrons. The second-order valence-corrected chi connectivity index (χ2v) is 5.74. The van der Waals surface area contributed by atoms with E-state index in [1.165, 1.54) is 0 Å². The molecule has 2 N–H and O–H groups in total. The van der Waals surface area contributed by atoms with Gasteiger partial charge in [0.05, 0.1) is 16.7 Å². The first kappa shape index (κ1) is 13.3. The Bertz CT molecular complexity index is 435. The quantitative estimate of drug-likeness (QED) is 0.840. The minimum atomic E-state index is -0.504. The summed E-state index contributed by atoms with van der Waals surface area (Å²) in [5, 5.41) is 0.0690. The van der Waals surface area contributed by atoms with E-state index in [2.05, 4.69) is 15.9 Å². The molecule has 2 nitrogen and oxygen atoms in total. The molecule has 0 aromatic heterocycles. The maximum Gasteiger partial charge on any atom is 0.147 e. The Hall–Kier alpha value is -0.160. The van der Waals surface area contributed by atoms with Crippen molar-refractivity contribution in [2.75, 3.05) is 6.61 Å². The summed E-state index contributed by atoms with van der Waals surface area (Å²) < 4.78 is 20.2. The highest BCUT2D eigenvalue weighted by molar-refractivity contribution is 9.10. The summed E-state index contributed by atoms with van der Waals surface area (Å²) in [5.74, 6) is -0.467. The lowest BCUT2D eigenvalue weighted by molar-refractivity contribution is -0.00257. The Labute approximate surface area is 113 Å². The summed E-state index contributed by atoms with van der Waals surface area (Å²) in [6.07, 6.45) is 1.79. The third-order valence-electron chi connectivity index (χ3n) is 3.31. The topological polar surface area (TPSA) is 35.2 Å². The first-order valence-electron chi connectivity index (χ1n) is 5.48. The van der Waals surface area contributed by atoms with Gasteiger partial charge in [-0.3, -0.25) is 0 Å². The molecule has 0 aliphatic carbocycles. The highest BCUT2D eigenvalue weighted by atomic mass is 79.9. The average Bonchev–Trinajstić information content (AvgIpc) is 2.74. The van der Waals surface area contributed by atoms with Crippen LogP contribution in [0.3, 0.4) is 0 Å². The zero-order chi connectivity index (χ0) is 12.6. The normalized spacial score (nSPS) is 26.2. The van der Waals surface area contributed by atoms with Crippen LogP contribution in [-0.4, -0.2) is 12.2 Å². The van der Waals surface area contributed by atoms with Crippen LogP contribution in [0.25, 0.3) is 0 Å². The fourth-order valence-corrected chi connectivity index (χ4v) is 2.63. The zero-order valence-corrected chi connectivity index (χ0v) is 11.8. The van der Waals surface area contributed by atoms with Gasteiger partial charge in [-0.2, -0.15) is 0 Å². The minimum absolute atomic E-state index is 0.0690. The Morgan fingerprint density at radius 2 is 2.29 bits per heavy atom. The lowest BCUT2D eigenvalue weighted by Crippen LogP contribution is -2.38. The van der Waals surface area contributed by atoms with Crippen molar-refractivity contribution in [3.8, 4) is 0 Å². The monoisotopic (exact) mass is 321 g/mol. The summed E-state index contributed by atoms with van der Waals surface area (Å²) in [6, 6.07) is 2.86. The van der Waals surface area contributed by atoms with Gasteiger partial charge in [-0.05, 0) is 41.8 Å². The van der Waals surface area contributed by atoms with Crippen LogP contribution in [0.4, 0.5) is 4.39 Å². The molecule has 1 saturated heterocycles. The van der Waals surface area contributed by atoms with Gasteiger partial charge in [-0.1, -0.05) is 17.7 Å². The van der Waals surface area contributed by atoms with E-state index >= 15 is 0 Å². The number of rotatable bonds is 2. The van der Waals surface area contributed by atoms with Crippen molar-refractivity contribution in [1.29, 1.82) is 0 Å². The number of benzene rings is 1. The predicted molar refractivity (Wildman–Crippen MR) is 69.6 cm³/mol. The van der Waals surface area contributed by atoms with E-state index in [0.29, 0.717) is 16.6 Å². The van der Waals surface area contributed by atoms with Gasteiger partial charge in [-0.15, -0.1) is 0 Å². The summed E-state index contributed by atoms with van der Waals surface area (Å²) in [4.78, 5) is 0. The SMILES string of the molecule is CC1(C(N)c2ccc(Br)c(Cl)c2F)CCCO1. The minimum Gasteiger partial charge on any atom is -0.373 e. The smallest absolute Gasteiger partial charge is 0.147 e. The van der Waals surface area contributed by atoms with E-state index < -0.39 is 17.5 Å². The van der Waals surface area contributed by atoms with Crippen LogP contribution < -0.4 is 5.73 Å². The number of nitrogens with two attached hydrogens (primary N) is 1. The molecule has 0 bridgehead atoms. The molecule has 2 unspecified atom stereocenters. The van der Waals surface area contributed by atoms with Gasteiger partial charge >= 0.3 is 0 Å². The van der Waals surface area contributed by atoms with E-state index in [1.54, 1.807) is 12.1 Å². The predicted octanol–water partition coefficient (Wildman–Crippen LogP) is 3.81. The van der Waals surface area contributed by atoms with Crippen LogP contribution in [-0.2, 0) is 4.74 Å². The van der Waals surface area contributed by atoms with Gasteiger partial charge in [0.1, 0.15) is 5.82 Å². The standard InChI is InChI=1S/C12H14BrClFNO/c1-12(5-2-6-17-12)11(16)7-3-4-8(13)9(14)10(7)15/h3-4,11H,2,5-6,16H2,1H3. The van der Waals surface area contributed by atoms with Crippen molar-refractivity contribution in [2.45, 2.75) is 31.4 Å². The van der Waals surface area contributed by atoms with Crippen molar-refractivity contribution >= 4 is 27.5 Å². The summed E-state index contributed by atoms with van der Waals surface area (Å²) in [6.45, 7) is 2.59. The molecule has 17 heavy (non-hydrogen) atoms. The van der Waals surface area contributed by atoms with Crippen LogP contribution >= 0.6 is 27.5 Å². The second kappa shape index (κ2) is 4.84. The average molecular weight is 323 g/mol. The number of halogens is 3. The third kappa shape index (κ3) is 2.36. The molecule has 1 aromatic rings. The first-order chi connectivity index (χ1) is 7.96. The van der Waals surface area contributed by atoms with Crippen LogP contribution in [0, 0.1) is 5.82 Å². The molecular weight excluding hydrogens is 308 g/mol. The van der Waals surface area contributed by atoms with Crippen molar-refractivity contribution in [1.82, 2.24) is 0 Å². The highest BCUT2D eigenvalue weighted by Gasteiger charge is 2.38. The summed E-state index contributed by atoms with van der Waals surface area (Å²) in [7, 11) is 0. The van der Waals surface area contributed by atoms with E-state index in [1.807, 2.05) is 6.92 Å². The molecule has 5 heteroatoms. The summed E-state index contributed by atoms with van der Waals surface area (Å²) >= 11 is 9.04. The van der Waals surface area contributed by atoms with Gasteiger partial charge < -0.3 is 10.5 Å². The van der Waals surface area contributed by atoms with Gasteiger partial charge in [0.25, 0.3) is 0 Å². The van der Waals surface area contributed by atoms with Crippen LogP contribution in [0.2, 0.25) is 5.02 Å². The molecule has 1 aromatic carbocycles. The lowest BCUT2D eigenvalue weighted by atomic mass is 9.88. The van der Waals surface area contributed by atoms with Crippen molar-refractivity contribution < 1.29 is 9.13 Å². The Balaban J connectivity index is 2.37. The van der Waals surface area contributed by atoms with Crippen LogP contribution in [0.1, 0.15) is 31.4 Å². The molecule has 1 heterocycles. The molecule has 1 fully saturated rings. The number of hydrogen-bond acceptors (Lipinski definition) is 2. The maximum atomic E-state index is 14.0. The molecule has 0 amide bonds. The van der Waals surface area contributed by atoms with Gasteiger partial charge in [0.15, 0.2) is 0 Å². The van der Waals surface area contributed by atoms with Crippen molar-refractivity contribution in [2.24, 2.45) is 5.73 Å². The fraction of sp³-hybridized carbons (Fsp3) is 0.500. The molecule has 0 radical (unpaired) electrons. The fourth-order valence-electron chi connectivity index (χ4n) is 2.16. The molecule has 2 atom stereocenters. The van der Waals surface area contributed by atoms with Gasteiger partial charge in [-0.25, -0.2) is 4.39 Å². The first-order valence-corrected chi connectivity index (χ1v) is 6.66. The van der Waals surface area contributed by atoms with E-state index in [0.717, 1.165) is 12.8 Å². The molecule has 2 rings (SSSR count). The molecule has 0 saturated carbocycles. The Kier molecular flexibility index (Phi) is 3.78. The summed E-state index contributed by atoms with van der Waals surface area (Å²) in [5.41, 5.74) is 6.02. The van der Waals surface area contributed by atoms with E-state index in [4.69, 9.17) is 22.1 Å². The Morgan fingerprint density at radius 3 is 2.88 bits per heavy atom. The van der Waals surface area contributed by atoms with Gasteiger partial charge in [0, 0.05) is 16.6 Å². The zero-order valence-electron chi connectivity index (χ0n) is 9.47. The van der Waals surface area contributed by atoms with Gasteiger partial charge in [0.2, 0.25) is 0 Å². The van der Waals surface area contributed by atoms with Crippen molar-refractivity contribution in [3.63, 3.8) is 0 Å². The number of hydrogen-bond donors (Lipinski definition) is 1. The molecule has 1 aliphatic rings. The second-order valence-electron chi connectivity index (χ2n) is 4.51. The maximum absolute atomic E-state index is 14.0. The van der Waals surface area contributed by atoms with E-state index in [9.17, 15) is 4.39 Å². The molecule has 1 aliphatic heterocycles. The number of ether oxygens (including phenoxy) is 1. The van der Waals surface area contributed by atoms with Crippen LogP contribution in [0.5, 0.6) is 0 Å². The largest absolute Gasteiger partial charge is 0.373 e. The molecule has 0 spiro atoms. The molecular formula is C12H14BrClFNO. The third-order valence-corrected chi connectivity index (χ3v) is 4.57. The van der Waals surface area contributed by atoms with Crippen LogP contribution in [0.15, 0.2) is 16.6 Å². The highest BCUT2D eigenvalue weighted by Crippen LogP contribution is 2.39. The lowest BCUT2D eigenvalue weighted by Gasteiger charge is -2.31. The van der Waals surface area contributed by atoms with E-state index in [-0.39, 0.29) is 5.02 Å². The Morgan fingerprint density at radius 1 is 1.59 bits per heavy atom. The van der Waals surface area contributed by atoms with Crippen molar-refractivity contribution in [3.05, 3.63) is 33.0 Å².